The minimum Gasteiger partial charge on any atom is -0.481 e. The standard InChI is InChI=1S/C13H16N2O2S/c1-8-7-10(12(16)17)9-5-3-4-6-11(9)15(8)13(18)14-2/h3-6,8,10H,7H2,1-2H3,(H,14,18)(H,16,17). The van der Waals surface area contributed by atoms with E-state index in [1.807, 2.05) is 36.1 Å². The van der Waals surface area contributed by atoms with Crippen molar-refractivity contribution >= 4 is 29.0 Å². The van der Waals surface area contributed by atoms with Gasteiger partial charge in [-0.05, 0) is 37.2 Å². The number of thiocarbonyl (C=S) groups is 1. The summed E-state index contributed by atoms with van der Waals surface area (Å²) in [5.41, 5.74) is 1.73. The van der Waals surface area contributed by atoms with Gasteiger partial charge in [0, 0.05) is 18.8 Å². The molecule has 18 heavy (non-hydrogen) atoms. The van der Waals surface area contributed by atoms with Gasteiger partial charge in [0.25, 0.3) is 0 Å². The molecule has 0 radical (unpaired) electrons. The van der Waals surface area contributed by atoms with E-state index in [1.165, 1.54) is 0 Å². The fourth-order valence-electron chi connectivity index (χ4n) is 2.48. The second-order valence-electron chi connectivity index (χ2n) is 4.46. The highest BCUT2D eigenvalue weighted by Crippen LogP contribution is 2.38. The zero-order valence-electron chi connectivity index (χ0n) is 10.4. The minimum atomic E-state index is -0.774. The van der Waals surface area contributed by atoms with E-state index in [-0.39, 0.29) is 6.04 Å². The average Bonchev–Trinajstić information content (AvgIpc) is 2.36. The molecule has 2 unspecified atom stereocenters. The number of benzene rings is 1. The molecule has 4 nitrogen and oxygen atoms in total. The maximum absolute atomic E-state index is 11.3. The van der Waals surface area contributed by atoms with Crippen molar-refractivity contribution in [2.45, 2.75) is 25.3 Å². The molecule has 2 atom stereocenters. The van der Waals surface area contributed by atoms with Gasteiger partial charge in [-0.25, -0.2) is 0 Å². The monoisotopic (exact) mass is 264 g/mol. The van der Waals surface area contributed by atoms with Gasteiger partial charge in [-0.2, -0.15) is 0 Å². The highest BCUT2D eigenvalue weighted by Gasteiger charge is 2.35. The van der Waals surface area contributed by atoms with Gasteiger partial charge >= 0.3 is 5.97 Å². The number of carbonyl (C=O) groups is 1. The third kappa shape index (κ3) is 2.06. The maximum Gasteiger partial charge on any atom is 0.311 e. The first-order valence-corrected chi connectivity index (χ1v) is 6.29. The van der Waals surface area contributed by atoms with Crippen LogP contribution < -0.4 is 10.2 Å². The number of hydrogen-bond acceptors (Lipinski definition) is 2. The molecule has 0 saturated carbocycles. The van der Waals surface area contributed by atoms with Gasteiger partial charge in [0.15, 0.2) is 5.11 Å². The molecule has 1 aromatic rings. The number of nitrogens with one attached hydrogen (secondary N) is 1. The van der Waals surface area contributed by atoms with Crippen LogP contribution in [-0.4, -0.2) is 29.3 Å². The molecule has 96 valence electrons. The van der Waals surface area contributed by atoms with Crippen molar-refractivity contribution in [2.75, 3.05) is 11.9 Å². The van der Waals surface area contributed by atoms with Crippen LogP contribution in [0.1, 0.15) is 24.8 Å². The van der Waals surface area contributed by atoms with Crippen LogP contribution in [0.15, 0.2) is 24.3 Å². The van der Waals surface area contributed by atoms with E-state index >= 15 is 0 Å². The summed E-state index contributed by atoms with van der Waals surface area (Å²) >= 11 is 5.30. The lowest BCUT2D eigenvalue weighted by Gasteiger charge is -2.39. The molecule has 2 N–H and O–H groups in total. The van der Waals surface area contributed by atoms with Crippen LogP contribution in [0.2, 0.25) is 0 Å². The lowest BCUT2D eigenvalue weighted by Crippen LogP contribution is -2.48. The van der Waals surface area contributed by atoms with Crippen LogP contribution >= 0.6 is 12.2 Å². The van der Waals surface area contributed by atoms with Gasteiger partial charge in [0.2, 0.25) is 0 Å². The van der Waals surface area contributed by atoms with Crippen molar-refractivity contribution in [1.82, 2.24) is 5.32 Å². The molecule has 1 aliphatic heterocycles. The molecule has 0 aromatic heterocycles. The van der Waals surface area contributed by atoms with Gasteiger partial charge in [-0.1, -0.05) is 18.2 Å². The Morgan fingerprint density at radius 3 is 2.78 bits per heavy atom. The third-order valence-corrected chi connectivity index (χ3v) is 3.72. The summed E-state index contributed by atoms with van der Waals surface area (Å²) in [4.78, 5) is 13.3. The Kier molecular flexibility index (Phi) is 3.52. The van der Waals surface area contributed by atoms with Crippen LogP contribution in [0, 0.1) is 0 Å². The lowest BCUT2D eigenvalue weighted by molar-refractivity contribution is -0.139. The van der Waals surface area contributed by atoms with Gasteiger partial charge in [-0.15, -0.1) is 0 Å². The number of hydrogen-bond donors (Lipinski definition) is 2. The fraction of sp³-hybridized carbons (Fsp3) is 0.385. The Morgan fingerprint density at radius 2 is 2.17 bits per heavy atom. The maximum atomic E-state index is 11.3. The van der Waals surface area contributed by atoms with Crippen molar-refractivity contribution in [3.05, 3.63) is 29.8 Å². The molecule has 0 saturated heterocycles. The lowest BCUT2D eigenvalue weighted by atomic mass is 9.86. The highest BCUT2D eigenvalue weighted by atomic mass is 32.1. The molecular formula is C13H16N2O2S. The summed E-state index contributed by atoms with van der Waals surface area (Å²) in [7, 11) is 1.78. The second kappa shape index (κ2) is 4.94. The van der Waals surface area contributed by atoms with Crippen molar-refractivity contribution < 1.29 is 9.90 Å². The molecule has 0 spiro atoms. The van der Waals surface area contributed by atoms with Crippen molar-refractivity contribution in [1.29, 1.82) is 0 Å². The number of aliphatic carboxylic acids is 1. The average molecular weight is 264 g/mol. The van der Waals surface area contributed by atoms with Crippen LogP contribution in [0.25, 0.3) is 0 Å². The predicted octanol–water partition coefficient (Wildman–Crippen LogP) is 1.96. The number of rotatable bonds is 1. The van der Waals surface area contributed by atoms with Crippen LogP contribution in [0.3, 0.4) is 0 Å². The van der Waals surface area contributed by atoms with E-state index in [4.69, 9.17) is 12.2 Å². The smallest absolute Gasteiger partial charge is 0.311 e. The van der Waals surface area contributed by atoms with Crippen molar-refractivity contribution in [3.8, 4) is 0 Å². The van der Waals surface area contributed by atoms with Crippen LogP contribution in [-0.2, 0) is 4.79 Å². The summed E-state index contributed by atoms with van der Waals surface area (Å²) in [6.07, 6.45) is 0.564. The number of anilines is 1. The summed E-state index contributed by atoms with van der Waals surface area (Å²) < 4.78 is 0. The molecule has 5 heteroatoms. The molecule has 1 aliphatic rings. The van der Waals surface area contributed by atoms with E-state index in [9.17, 15) is 9.90 Å². The second-order valence-corrected chi connectivity index (χ2v) is 4.85. The summed E-state index contributed by atoms with van der Waals surface area (Å²) in [6.45, 7) is 2.00. The number of nitrogens with zero attached hydrogens (tertiary/aromatic N) is 1. The first-order chi connectivity index (χ1) is 8.56. The minimum absolute atomic E-state index is 0.0703. The van der Waals surface area contributed by atoms with Crippen LogP contribution in [0.4, 0.5) is 5.69 Å². The highest BCUT2D eigenvalue weighted by molar-refractivity contribution is 7.80. The SMILES string of the molecule is CNC(=S)N1c2ccccc2C(C(=O)O)CC1C. The molecular weight excluding hydrogens is 248 g/mol. The first kappa shape index (κ1) is 12.8. The Balaban J connectivity index is 2.51. The first-order valence-electron chi connectivity index (χ1n) is 5.89. The predicted molar refractivity (Wildman–Crippen MR) is 75.0 cm³/mol. The van der Waals surface area contributed by atoms with E-state index in [0.29, 0.717) is 11.5 Å². The summed E-state index contributed by atoms with van der Waals surface area (Å²) in [5.74, 6) is -1.23. The molecule has 0 fully saturated rings. The molecule has 0 bridgehead atoms. The number of carboxylic acid groups (broad SMARTS) is 1. The largest absolute Gasteiger partial charge is 0.481 e. The molecule has 1 heterocycles. The van der Waals surface area contributed by atoms with E-state index < -0.39 is 11.9 Å². The number of fused-ring (bicyclic) bond motifs is 1. The van der Waals surface area contributed by atoms with Gasteiger partial charge in [-0.3, -0.25) is 4.79 Å². The Labute approximate surface area is 112 Å². The van der Waals surface area contributed by atoms with Crippen molar-refractivity contribution in [3.63, 3.8) is 0 Å². The Hall–Kier alpha value is -1.62. The van der Waals surface area contributed by atoms with Gasteiger partial charge in [0.1, 0.15) is 0 Å². The molecule has 2 rings (SSSR count). The Bertz CT molecular complexity index is 490. The third-order valence-electron chi connectivity index (χ3n) is 3.32. The zero-order valence-corrected chi connectivity index (χ0v) is 11.2. The summed E-state index contributed by atoms with van der Waals surface area (Å²) in [5, 5.41) is 12.9. The molecule has 1 aromatic carbocycles. The quantitative estimate of drug-likeness (QED) is 0.759. The zero-order chi connectivity index (χ0) is 13.3. The molecule has 0 amide bonds. The fourth-order valence-corrected chi connectivity index (χ4v) is 2.75. The normalized spacial score (nSPS) is 22.2. The Morgan fingerprint density at radius 1 is 1.50 bits per heavy atom. The van der Waals surface area contributed by atoms with E-state index in [2.05, 4.69) is 5.32 Å². The van der Waals surface area contributed by atoms with Gasteiger partial charge < -0.3 is 15.3 Å². The van der Waals surface area contributed by atoms with E-state index in [1.54, 1.807) is 7.05 Å². The van der Waals surface area contributed by atoms with E-state index in [0.717, 1.165) is 11.3 Å². The summed E-state index contributed by atoms with van der Waals surface area (Å²) in [6, 6.07) is 7.63. The topological polar surface area (TPSA) is 52.6 Å². The van der Waals surface area contributed by atoms with Crippen molar-refractivity contribution in [2.24, 2.45) is 0 Å². The molecule has 0 aliphatic carbocycles. The van der Waals surface area contributed by atoms with Crippen LogP contribution in [0.5, 0.6) is 0 Å². The van der Waals surface area contributed by atoms with Gasteiger partial charge in [0.05, 0.1) is 5.92 Å². The number of carboxylic acids is 1. The number of para-hydroxylation sites is 1.